The van der Waals surface area contributed by atoms with Gasteiger partial charge in [-0.25, -0.2) is 0 Å². The maximum atomic E-state index is 12.3. The predicted octanol–water partition coefficient (Wildman–Crippen LogP) is 3.85. The van der Waals surface area contributed by atoms with Crippen LogP contribution in [0.2, 0.25) is 18.1 Å². The molecule has 1 aromatic carbocycles. The van der Waals surface area contributed by atoms with Gasteiger partial charge in [0, 0.05) is 5.56 Å². The fraction of sp³-hybridized carbons (Fsp3) is 0.533. The van der Waals surface area contributed by atoms with Crippen molar-refractivity contribution < 1.29 is 4.79 Å². The number of hydrogen-bond donors (Lipinski definition) is 1. The Labute approximate surface area is 112 Å². The largest absolute Gasteiger partial charge is 0.328 e. The quantitative estimate of drug-likeness (QED) is 0.660. The first-order valence-electron chi connectivity index (χ1n) is 6.52. The second kappa shape index (κ2) is 5.37. The maximum Gasteiger partial charge on any atom is 0.178 e. The highest BCUT2D eigenvalue weighted by molar-refractivity contribution is 6.78. The van der Waals surface area contributed by atoms with Crippen LogP contribution in [0.3, 0.4) is 0 Å². The second-order valence-electron chi connectivity index (χ2n) is 6.47. The van der Waals surface area contributed by atoms with E-state index in [0.717, 1.165) is 5.56 Å². The lowest BCUT2D eigenvalue weighted by Gasteiger charge is -2.39. The number of rotatable bonds is 4. The summed E-state index contributed by atoms with van der Waals surface area (Å²) in [7, 11) is -1.63. The van der Waals surface area contributed by atoms with E-state index in [1.54, 1.807) is 0 Å². The number of Topliss-reactive ketones (excluding diaryl/α,β-unsaturated/α-hetero) is 1. The van der Waals surface area contributed by atoms with E-state index in [9.17, 15) is 4.79 Å². The molecule has 100 valence electrons. The van der Waals surface area contributed by atoms with Crippen LogP contribution in [-0.4, -0.2) is 20.1 Å². The Balaban J connectivity index is 2.78. The molecule has 2 nitrogen and oxygen atoms in total. The van der Waals surface area contributed by atoms with E-state index in [1.807, 2.05) is 37.3 Å². The van der Waals surface area contributed by atoms with Crippen molar-refractivity contribution in [1.29, 1.82) is 0 Å². The van der Waals surface area contributed by atoms with Gasteiger partial charge in [0.2, 0.25) is 0 Å². The third-order valence-electron chi connectivity index (χ3n) is 3.90. The first-order chi connectivity index (χ1) is 8.15. The smallest absolute Gasteiger partial charge is 0.178 e. The van der Waals surface area contributed by atoms with E-state index in [1.165, 1.54) is 0 Å². The molecular weight excluding hydrogens is 238 g/mol. The summed E-state index contributed by atoms with van der Waals surface area (Å²) in [5.74, 6) is 0.181. The number of carbonyl (C=O) groups is 1. The van der Waals surface area contributed by atoms with Gasteiger partial charge in [0.15, 0.2) is 5.78 Å². The van der Waals surface area contributed by atoms with Gasteiger partial charge in [-0.3, -0.25) is 4.79 Å². The molecule has 1 rings (SSSR count). The van der Waals surface area contributed by atoms with E-state index in [0.29, 0.717) is 0 Å². The standard InChI is InChI=1S/C15H25NOSi/c1-12(16-18(5,6)15(2,3)4)14(17)13-10-8-7-9-11-13/h7-12,16H,1-6H3. The zero-order chi connectivity index (χ0) is 14.0. The summed E-state index contributed by atoms with van der Waals surface area (Å²) >= 11 is 0. The van der Waals surface area contributed by atoms with Gasteiger partial charge in [0.25, 0.3) is 0 Å². The minimum Gasteiger partial charge on any atom is -0.328 e. The van der Waals surface area contributed by atoms with Crippen LogP contribution in [-0.2, 0) is 0 Å². The zero-order valence-corrected chi connectivity index (χ0v) is 13.4. The van der Waals surface area contributed by atoms with Crippen molar-refractivity contribution in [2.75, 3.05) is 0 Å². The van der Waals surface area contributed by atoms with E-state index in [4.69, 9.17) is 0 Å². The van der Waals surface area contributed by atoms with Gasteiger partial charge >= 0.3 is 0 Å². The topological polar surface area (TPSA) is 29.1 Å². The Hall–Kier alpha value is -0.933. The van der Waals surface area contributed by atoms with E-state index >= 15 is 0 Å². The molecule has 0 radical (unpaired) electrons. The minimum atomic E-state index is -1.63. The van der Waals surface area contributed by atoms with E-state index in [-0.39, 0.29) is 16.9 Å². The van der Waals surface area contributed by atoms with Gasteiger partial charge in [0.05, 0.1) is 6.04 Å². The Bertz CT molecular complexity index is 406. The van der Waals surface area contributed by atoms with Crippen molar-refractivity contribution in [2.45, 2.75) is 51.9 Å². The lowest BCUT2D eigenvalue weighted by molar-refractivity contribution is 0.0959. The third kappa shape index (κ3) is 3.53. The molecule has 1 unspecified atom stereocenters. The molecule has 0 saturated carbocycles. The molecule has 18 heavy (non-hydrogen) atoms. The van der Waals surface area contributed by atoms with Gasteiger partial charge in [0.1, 0.15) is 8.24 Å². The Kier molecular flexibility index (Phi) is 4.51. The third-order valence-corrected chi connectivity index (χ3v) is 8.81. The summed E-state index contributed by atoms with van der Waals surface area (Å²) < 4.78 is 0. The van der Waals surface area contributed by atoms with Gasteiger partial charge in [-0.15, -0.1) is 0 Å². The number of nitrogens with one attached hydrogen (secondary N) is 1. The number of benzene rings is 1. The summed E-state index contributed by atoms with van der Waals surface area (Å²) in [6, 6.07) is 9.40. The monoisotopic (exact) mass is 263 g/mol. The van der Waals surface area contributed by atoms with Crippen molar-refractivity contribution in [1.82, 2.24) is 4.98 Å². The van der Waals surface area contributed by atoms with Crippen molar-refractivity contribution in [3.05, 3.63) is 35.9 Å². The fourth-order valence-electron chi connectivity index (χ4n) is 1.68. The molecule has 3 heteroatoms. The zero-order valence-electron chi connectivity index (χ0n) is 12.4. The molecule has 1 aromatic rings. The molecule has 0 aromatic heterocycles. The molecule has 0 aliphatic carbocycles. The Morgan fingerprint density at radius 1 is 1.17 bits per heavy atom. The van der Waals surface area contributed by atoms with Crippen LogP contribution in [0, 0.1) is 0 Å². The highest BCUT2D eigenvalue weighted by atomic mass is 28.3. The number of hydrogen-bond acceptors (Lipinski definition) is 2. The maximum absolute atomic E-state index is 12.3. The van der Waals surface area contributed by atoms with E-state index in [2.05, 4.69) is 38.8 Å². The lowest BCUT2D eigenvalue weighted by Crippen LogP contribution is -2.57. The summed E-state index contributed by atoms with van der Waals surface area (Å²) in [5, 5.41) is 0.234. The molecule has 0 spiro atoms. The van der Waals surface area contributed by atoms with Crippen molar-refractivity contribution >= 4 is 14.0 Å². The van der Waals surface area contributed by atoms with Crippen LogP contribution in [0.5, 0.6) is 0 Å². The van der Waals surface area contributed by atoms with Crippen LogP contribution in [0.4, 0.5) is 0 Å². The Morgan fingerprint density at radius 2 is 1.67 bits per heavy atom. The van der Waals surface area contributed by atoms with Crippen LogP contribution < -0.4 is 4.98 Å². The second-order valence-corrected chi connectivity index (χ2v) is 11.5. The molecule has 1 atom stereocenters. The predicted molar refractivity (Wildman–Crippen MR) is 80.6 cm³/mol. The molecular formula is C15H25NOSi. The minimum absolute atomic E-state index is 0.117. The summed E-state index contributed by atoms with van der Waals surface area (Å²) in [4.78, 5) is 15.9. The van der Waals surface area contributed by atoms with Gasteiger partial charge in [-0.2, -0.15) is 0 Å². The molecule has 0 saturated heterocycles. The highest BCUT2D eigenvalue weighted by Gasteiger charge is 2.37. The van der Waals surface area contributed by atoms with Gasteiger partial charge in [-0.1, -0.05) is 64.2 Å². The molecule has 0 bridgehead atoms. The lowest BCUT2D eigenvalue weighted by atomic mass is 10.1. The fourth-order valence-corrected chi connectivity index (χ4v) is 3.32. The van der Waals surface area contributed by atoms with Crippen molar-refractivity contribution in [3.8, 4) is 0 Å². The van der Waals surface area contributed by atoms with E-state index < -0.39 is 8.24 Å². The highest BCUT2D eigenvalue weighted by Crippen LogP contribution is 2.34. The molecule has 0 heterocycles. The molecule has 0 fully saturated rings. The number of carbonyl (C=O) groups excluding carboxylic acids is 1. The van der Waals surface area contributed by atoms with Crippen molar-refractivity contribution in [3.63, 3.8) is 0 Å². The molecule has 1 N–H and O–H groups in total. The molecule has 0 aliphatic rings. The summed E-state index contributed by atoms with van der Waals surface area (Å²) in [5.41, 5.74) is 0.788. The van der Waals surface area contributed by atoms with Crippen LogP contribution in [0.1, 0.15) is 38.1 Å². The van der Waals surface area contributed by atoms with Crippen LogP contribution in [0.25, 0.3) is 0 Å². The number of ketones is 1. The Morgan fingerprint density at radius 3 is 2.11 bits per heavy atom. The summed E-state index contributed by atoms with van der Waals surface area (Å²) in [6.07, 6.45) is 0. The summed E-state index contributed by atoms with van der Waals surface area (Å²) in [6.45, 7) is 13.3. The first-order valence-corrected chi connectivity index (χ1v) is 9.52. The van der Waals surface area contributed by atoms with Crippen LogP contribution >= 0.6 is 0 Å². The van der Waals surface area contributed by atoms with Crippen LogP contribution in [0.15, 0.2) is 30.3 Å². The SMILES string of the molecule is CC(N[Si](C)(C)C(C)(C)C)C(=O)c1ccccc1. The molecule has 0 amide bonds. The molecule has 0 aliphatic heterocycles. The van der Waals surface area contributed by atoms with Crippen molar-refractivity contribution in [2.24, 2.45) is 0 Å². The normalized spacial score (nSPS) is 14.3. The first kappa shape index (κ1) is 15.1. The van der Waals surface area contributed by atoms with Gasteiger partial charge in [-0.05, 0) is 12.0 Å². The average Bonchev–Trinajstić information content (AvgIpc) is 2.27. The average molecular weight is 263 g/mol. The van der Waals surface area contributed by atoms with Gasteiger partial charge < -0.3 is 4.98 Å².